The van der Waals surface area contributed by atoms with Gasteiger partial charge in [0.1, 0.15) is 5.75 Å². The summed E-state index contributed by atoms with van der Waals surface area (Å²) in [6, 6.07) is 13.1. The van der Waals surface area contributed by atoms with E-state index in [0.29, 0.717) is 21.8 Å². The third-order valence-electron chi connectivity index (χ3n) is 3.69. The number of thiazole rings is 1. The monoisotopic (exact) mass is 405 g/mol. The number of benzene rings is 2. The molecule has 0 saturated carbocycles. The lowest BCUT2D eigenvalue weighted by molar-refractivity contribution is 0.340. The minimum atomic E-state index is -0.0721. The lowest BCUT2D eigenvalue weighted by atomic mass is 10.1. The van der Waals surface area contributed by atoms with Gasteiger partial charge in [0.2, 0.25) is 5.13 Å². The first-order valence-corrected chi connectivity index (χ1v) is 9.75. The zero-order valence-electron chi connectivity index (χ0n) is 14.3. The summed E-state index contributed by atoms with van der Waals surface area (Å²) in [6.45, 7) is 4.60. The number of halogens is 2. The highest BCUT2D eigenvalue weighted by atomic mass is 35.5. The highest BCUT2D eigenvalue weighted by molar-refractivity contribution is 7.13. The Hall–Kier alpha value is -1.95. The van der Waals surface area contributed by atoms with Crippen molar-refractivity contribution in [2.24, 2.45) is 10.2 Å². The standard InChI is InChI=1S/C19H17Cl2N3OS/c1-3-25-15-7-4-13(5-8-15)12(2)23-24-19-22-18(11-26-19)16-9-6-14(20)10-17(16)21/h4-12H,3H2,1-2H3. The molecule has 3 aromatic rings. The Labute approximate surface area is 166 Å². The molecule has 1 atom stereocenters. The molecule has 7 heteroatoms. The smallest absolute Gasteiger partial charge is 0.230 e. The number of nitrogens with zero attached hydrogens (tertiary/aromatic N) is 3. The average Bonchev–Trinajstić information content (AvgIpc) is 3.09. The van der Waals surface area contributed by atoms with E-state index in [1.165, 1.54) is 11.3 Å². The second kappa shape index (κ2) is 8.62. The van der Waals surface area contributed by atoms with Crippen molar-refractivity contribution in [3.63, 3.8) is 0 Å². The molecular weight excluding hydrogens is 389 g/mol. The molecule has 4 nitrogen and oxygen atoms in total. The number of azo groups is 1. The van der Waals surface area contributed by atoms with Crippen molar-refractivity contribution in [2.45, 2.75) is 19.9 Å². The van der Waals surface area contributed by atoms with Crippen LogP contribution in [0.1, 0.15) is 25.5 Å². The molecule has 0 spiro atoms. The summed E-state index contributed by atoms with van der Waals surface area (Å²) in [7, 11) is 0. The van der Waals surface area contributed by atoms with Crippen molar-refractivity contribution >= 4 is 39.7 Å². The second-order valence-electron chi connectivity index (χ2n) is 5.53. The molecule has 0 aliphatic carbocycles. The van der Waals surface area contributed by atoms with E-state index >= 15 is 0 Å². The molecule has 0 saturated heterocycles. The lowest BCUT2D eigenvalue weighted by Gasteiger charge is -2.07. The Kier molecular flexibility index (Phi) is 6.25. The Morgan fingerprint density at radius 3 is 2.62 bits per heavy atom. The fraction of sp³-hybridized carbons (Fsp3) is 0.211. The van der Waals surface area contributed by atoms with Crippen LogP contribution in [0.2, 0.25) is 10.0 Å². The molecular formula is C19H17Cl2N3OS. The average molecular weight is 406 g/mol. The van der Waals surface area contributed by atoms with Gasteiger partial charge in [0.15, 0.2) is 0 Å². The van der Waals surface area contributed by atoms with Gasteiger partial charge in [-0.15, -0.1) is 16.5 Å². The largest absolute Gasteiger partial charge is 0.494 e. The van der Waals surface area contributed by atoms with Crippen molar-refractivity contribution in [3.8, 4) is 17.0 Å². The van der Waals surface area contributed by atoms with E-state index in [-0.39, 0.29) is 6.04 Å². The summed E-state index contributed by atoms with van der Waals surface area (Å²) in [5, 5.41) is 12.3. The molecule has 0 aliphatic rings. The summed E-state index contributed by atoms with van der Waals surface area (Å²) in [5.41, 5.74) is 2.65. The van der Waals surface area contributed by atoms with Gasteiger partial charge in [0.25, 0.3) is 0 Å². The van der Waals surface area contributed by atoms with E-state index in [2.05, 4.69) is 15.2 Å². The molecule has 1 aromatic heterocycles. The normalized spacial score (nSPS) is 12.5. The van der Waals surface area contributed by atoms with Crippen LogP contribution < -0.4 is 4.74 Å². The minimum absolute atomic E-state index is 0.0721. The summed E-state index contributed by atoms with van der Waals surface area (Å²) in [4.78, 5) is 4.49. The first kappa shape index (κ1) is 18.8. The van der Waals surface area contributed by atoms with Gasteiger partial charge in [-0.25, -0.2) is 4.98 Å². The maximum absolute atomic E-state index is 6.23. The predicted molar refractivity (Wildman–Crippen MR) is 108 cm³/mol. The first-order valence-electron chi connectivity index (χ1n) is 8.11. The summed E-state index contributed by atoms with van der Waals surface area (Å²) >= 11 is 13.6. The van der Waals surface area contributed by atoms with E-state index in [1.807, 2.05) is 49.6 Å². The zero-order valence-corrected chi connectivity index (χ0v) is 16.6. The van der Waals surface area contributed by atoms with E-state index in [4.69, 9.17) is 27.9 Å². The van der Waals surface area contributed by atoms with Gasteiger partial charge in [-0.3, -0.25) is 0 Å². The molecule has 0 bridgehead atoms. The molecule has 1 heterocycles. The quantitative estimate of drug-likeness (QED) is 0.402. The van der Waals surface area contributed by atoms with E-state index in [9.17, 15) is 0 Å². The molecule has 0 N–H and O–H groups in total. The number of hydrogen-bond acceptors (Lipinski definition) is 5. The van der Waals surface area contributed by atoms with Crippen molar-refractivity contribution in [3.05, 3.63) is 63.5 Å². The van der Waals surface area contributed by atoms with Gasteiger partial charge < -0.3 is 4.74 Å². The maximum atomic E-state index is 6.23. The number of hydrogen-bond donors (Lipinski definition) is 0. The van der Waals surface area contributed by atoms with Gasteiger partial charge >= 0.3 is 0 Å². The van der Waals surface area contributed by atoms with E-state index in [1.54, 1.807) is 12.1 Å². The number of aromatic nitrogens is 1. The van der Waals surface area contributed by atoms with Crippen LogP contribution in [0.3, 0.4) is 0 Å². The van der Waals surface area contributed by atoms with Gasteiger partial charge in [-0.2, -0.15) is 5.11 Å². The lowest BCUT2D eigenvalue weighted by Crippen LogP contribution is -1.93. The van der Waals surface area contributed by atoms with Gasteiger partial charge in [0, 0.05) is 16.0 Å². The highest BCUT2D eigenvalue weighted by Gasteiger charge is 2.09. The maximum Gasteiger partial charge on any atom is 0.230 e. The Balaban J connectivity index is 1.71. The Morgan fingerprint density at radius 1 is 1.15 bits per heavy atom. The molecule has 0 aliphatic heterocycles. The first-order chi connectivity index (χ1) is 12.6. The molecule has 0 amide bonds. The molecule has 2 aromatic carbocycles. The Morgan fingerprint density at radius 2 is 1.92 bits per heavy atom. The van der Waals surface area contributed by atoms with Crippen molar-refractivity contribution in [1.29, 1.82) is 0 Å². The fourth-order valence-electron chi connectivity index (χ4n) is 2.34. The van der Waals surface area contributed by atoms with Crippen molar-refractivity contribution in [1.82, 2.24) is 4.98 Å². The van der Waals surface area contributed by atoms with Crippen LogP contribution >= 0.6 is 34.5 Å². The van der Waals surface area contributed by atoms with Crippen molar-refractivity contribution < 1.29 is 4.74 Å². The van der Waals surface area contributed by atoms with Crippen LogP contribution in [0.15, 0.2) is 58.1 Å². The van der Waals surface area contributed by atoms with Crippen LogP contribution in [0.5, 0.6) is 5.75 Å². The second-order valence-corrected chi connectivity index (χ2v) is 7.21. The number of rotatable bonds is 6. The topological polar surface area (TPSA) is 46.8 Å². The molecule has 1 unspecified atom stereocenters. The van der Waals surface area contributed by atoms with Gasteiger partial charge in [-0.1, -0.05) is 35.3 Å². The zero-order chi connectivity index (χ0) is 18.5. The third kappa shape index (κ3) is 4.61. The molecule has 0 radical (unpaired) electrons. The molecule has 3 rings (SSSR count). The van der Waals surface area contributed by atoms with Crippen LogP contribution in [0.25, 0.3) is 11.3 Å². The van der Waals surface area contributed by atoms with Crippen LogP contribution in [0, 0.1) is 0 Å². The fourth-order valence-corrected chi connectivity index (χ4v) is 3.49. The molecule has 0 fully saturated rings. The van der Waals surface area contributed by atoms with Crippen molar-refractivity contribution in [2.75, 3.05) is 6.61 Å². The van der Waals surface area contributed by atoms with Gasteiger partial charge in [0.05, 0.1) is 23.4 Å². The predicted octanol–water partition coefficient (Wildman–Crippen LogP) is 7.36. The van der Waals surface area contributed by atoms with Crippen LogP contribution in [0.4, 0.5) is 5.13 Å². The van der Waals surface area contributed by atoms with Crippen LogP contribution in [-0.4, -0.2) is 11.6 Å². The summed E-state index contributed by atoms with van der Waals surface area (Å²) in [5.74, 6) is 0.852. The number of ether oxygens (including phenoxy) is 1. The molecule has 134 valence electrons. The van der Waals surface area contributed by atoms with Crippen LogP contribution in [-0.2, 0) is 0 Å². The third-order valence-corrected chi connectivity index (χ3v) is 4.96. The SMILES string of the molecule is CCOc1ccc(C(C)N=Nc2nc(-c3ccc(Cl)cc3Cl)cs2)cc1. The highest BCUT2D eigenvalue weighted by Crippen LogP contribution is 2.33. The van der Waals surface area contributed by atoms with E-state index < -0.39 is 0 Å². The molecule has 26 heavy (non-hydrogen) atoms. The Bertz CT molecular complexity index is 909. The van der Waals surface area contributed by atoms with Gasteiger partial charge in [-0.05, 0) is 49.7 Å². The summed E-state index contributed by atoms with van der Waals surface area (Å²) in [6.07, 6.45) is 0. The van der Waals surface area contributed by atoms with E-state index in [0.717, 1.165) is 22.6 Å². The minimum Gasteiger partial charge on any atom is -0.494 e. The summed E-state index contributed by atoms with van der Waals surface area (Å²) < 4.78 is 5.45.